The van der Waals surface area contributed by atoms with Crippen molar-refractivity contribution in [3.63, 3.8) is 0 Å². The molecule has 0 spiro atoms. The Kier molecular flexibility index (Phi) is 11.4. The molecule has 1 heterocycles. The predicted octanol–water partition coefficient (Wildman–Crippen LogP) is 3.14. The molecule has 1 aliphatic carbocycles. The lowest BCUT2D eigenvalue weighted by Crippen LogP contribution is -2.53. The van der Waals surface area contributed by atoms with Crippen molar-refractivity contribution in [3.05, 3.63) is 35.9 Å². The number of nitrogens with zero attached hydrogens (tertiary/aromatic N) is 1. The topological polar surface area (TPSA) is 67.6 Å². The fourth-order valence-corrected chi connectivity index (χ4v) is 4.24. The van der Waals surface area contributed by atoms with E-state index < -0.39 is 0 Å². The quantitative estimate of drug-likeness (QED) is 0.695. The maximum Gasteiger partial charge on any atom is 0.220 e. The number of hydrogen-bond acceptors (Lipinski definition) is 4. The van der Waals surface area contributed by atoms with Crippen LogP contribution < -0.4 is 11.1 Å². The number of rotatable bonds is 7. The summed E-state index contributed by atoms with van der Waals surface area (Å²) in [4.78, 5) is 14.9. The van der Waals surface area contributed by atoms with Gasteiger partial charge in [-0.15, -0.1) is 24.8 Å². The molecule has 7 heteroatoms. The zero-order valence-corrected chi connectivity index (χ0v) is 18.4. The van der Waals surface area contributed by atoms with Gasteiger partial charge in [-0.25, -0.2) is 0 Å². The maximum absolute atomic E-state index is 12.5. The van der Waals surface area contributed by atoms with Gasteiger partial charge in [-0.3, -0.25) is 9.69 Å². The predicted molar refractivity (Wildman–Crippen MR) is 118 cm³/mol. The summed E-state index contributed by atoms with van der Waals surface area (Å²) in [6, 6.07) is 10.8. The Morgan fingerprint density at radius 2 is 2.04 bits per heavy atom. The van der Waals surface area contributed by atoms with Crippen LogP contribution in [0.15, 0.2) is 30.3 Å². The summed E-state index contributed by atoms with van der Waals surface area (Å²) in [5.41, 5.74) is 7.43. The largest absolute Gasteiger partial charge is 0.373 e. The summed E-state index contributed by atoms with van der Waals surface area (Å²) in [6.07, 6.45) is 4.77. The molecule has 0 radical (unpaired) electrons. The van der Waals surface area contributed by atoms with Gasteiger partial charge in [-0.2, -0.15) is 0 Å². The Balaban J connectivity index is 0.00000196. The molecule has 4 atom stereocenters. The molecule has 1 saturated heterocycles. The van der Waals surface area contributed by atoms with E-state index in [1.165, 1.54) is 5.56 Å². The highest BCUT2D eigenvalue weighted by molar-refractivity contribution is 5.85. The number of hydrogen-bond donors (Lipinski definition) is 2. The van der Waals surface area contributed by atoms with E-state index in [1.54, 1.807) is 0 Å². The molecule has 5 nitrogen and oxygen atoms in total. The number of halogens is 2. The summed E-state index contributed by atoms with van der Waals surface area (Å²) in [7, 11) is 0. The Labute approximate surface area is 181 Å². The number of carbonyl (C=O) groups excluding carboxylic acids is 1. The molecule has 0 bridgehead atoms. The fourth-order valence-electron chi connectivity index (χ4n) is 4.24. The number of nitrogens with two attached hydrogens (primary N) is 1. The van der Waals surface area contributed by atoms with Gasteiger partial charge in [0, 0.05) is 32.1 Å². The van der Waals surface area contributed by atoms with Crippen molar-refractivity contribution in [1.29, 1.82) is 0 Å². The van der Waals surface area contributed by atoms with E-state index in [1.807, 2.05) is 6.07 Å². The fraction of sp³-hybridized carbons (Fsp3) is 0.667. The van der Waals surface area contributed by atoms with E-state index in [9.17, 15) is 4.79 Å². The van der Waals surface area contributed by atoms with Crippen molar-refractivity contribution in [1.82, 2.24) is 10.2 Å². The third-order valence-electron chi connectivity index (χ3n) is 5.83. The molecule has 2 fully saturated rings. The Hall–Kier alpha value is -0.850. The molecule has 3 rings (SSSR count). The van der Waals surface area contributed by atoms with Crippen LogP contribution >= 0.6 is 24.8 Å². The lowest BCUT2D eigenvalue weighted by Gasteiger charge is -2.37. The third kappa shape index (κ3) is 7.20. The highest BCUT2D eigenvalue weighted by Gasteiger charge is 2.30. The Morgan fingerprint density at radius 1 is 1.29 bits per heavy atom. The first-order valence-corrected chi connectivity index (χ1v) is 10.1. The van der Waals surface area contributed by atoms with Crippen LogP contribution in [0.1, 0.15) is 44.6 Å². The van der Waals surface area contributed by atoms with Gasteiger partial charge in [0.25, 0.3) is 0 Å². The standard InChI is InChI=1S/C21H33N3O2.2ClH/c1-2-19(23-21(25)13-17-9-6-10-18(17)22)20-15-24(11-12-26-20)14-16-7-4-3-5-8-16;;/h3-5,7-8,17-20H,2,6,9-15,22H2,1H3,(H,23,25);2*1H/t17-,18+,19?,20?;;/m0../s1. The molecular weight excluding hydrogens is 397 g/mol. The van der Waals surface area contributed by atoms with E-state index in [2.05, 4.69) is 41.4 Å². The minimum atomic E-state index is 0. The molecule has 160 valence electrons. The molecule has 28 heavy (non-hydrogen) atoms. The van der Waals surface area contributed by atoms with E-state index in [-0.39, 0.29) is 48.9 Å². The van der Waals surface area contributed by atoms with Crippen LogP contribution in [0.25, 0.3) is 0 Å². The molecule has 1 aliphatic heterocycles. The summed E-state index contributed by atoms with van der Waals surface area (Å²) in [5.74, 6) is 0.470. The number of nitrogens with one attached hydrogen (secondary N) is 1. The first kappa shape index (κ1) is 25.2. The molecule has 1 aromatic carbocycles. The summed E-state index contributed by atoms with van der Waals surface area (Å²) in [5, 5.41) is 3.22. The van der Waals surface area contributed by atoms with Crippen LogP contribution in [0.5, 0.6) is 0 Å². The molecule has 1 amide bonds. The second-order valence-corrected chi connectivity index (χ2v) is 7.77. The average Bonchev–Trinajstić information content (AvgIpc) is 3.05. The minimum absolute atomic E-state index is 0. The van der Waals surface area contributed by atoms with Crippen molar-refractivity contribution < 1.29 is 9.53 Å². The SMILES string of the molecule is CCC(NC(=O)C[C@@H]1CCC[C@H]1N)C1CN(Cc2ccccc2)CCO1.Cl.Cl. The summed E-state index contributed by atoms with van der Waals surface area (Å²) >= 11 is 0. The number of ether oxygens (including phenoxy) is 1. The van der Waals surface area contributed by atoms with Gasteiger partial charge in [-0.05, 0) is 30.7 Å². The monoisotopic (exact) mass is 431 g/mol. The highest BCUT2D eigenvalue weighted by atomic mass is 35.5. The summed E-state index contributed by atoms with van der Waals surface area (Å²) < 4.78 is 6.01. The molecular formula is C21H35Cl2N3O2. The number of benzene rings is 1. The first-order valence-electron chi connectivity index (χ1n) is 10.1. The lowest BCUT2D eigenvalue weighted by atomic mass is 9.99. The van der Waals surface area contributed by atoms with Gasteiger partial charge < -0.3 is 15.8 Å². The number of amides is 1. The maximum atomic E-state index is 12.5. The molecule has 2 unspecified atom stereocenters. The van der Waals surface area contributed by atoms with Gasteiger partial charge in [-0.1, -0.05) is 43.7 Å². The molecule has 2 aliphatic rings. The van der Waals surface area contributed by atoms with Crippen LogP contribution in [0.3, 0.4) is 0 Å². The van der Waals surface area contributed by atoms with E-state index in [0.717, 1.165) is 51.9 Å². The Bertz CT molecular complexity index is 576. The normalized spacial score (nSPS) is 26.0. The second kappa shape index (κ2) is 12.7. The highest BCUT2D eigenvalue weighted by Crippen LogP contribution is 2.26. The second-order valence-electron chi connectivity index (χ2n) is 7.77. The van der Waals surface area contributed by atoms with Crippen molar-refractivity contribution >= 4 is 30.7 Å². The molecule has 1 saturated carbocycles. The van der Waals surface area contributed by atoms with Crippen LogP contribution in [0.2, 0.25) is 0 Å². The molecule has 1 aromatic rings. The Morgan fingerprint density at radius 3 is 2.68 bits per heavy atom. The van der Waals surface area contributed by atoms with Crippen LogP contribution in [-0.4, -0.2) is 48.7 Å². The molecule has 0 aromatic heterocycles. The van der Waals surface area contributed by atoms with Crippen LogP contribution in [0, 0.1) is 5.92 Å². The molecule has 3 N–H and O–H groups in total. The smallest absolute Gasteiger partial charge is 0.220 e. The lowest BCUT2D eigenvalue weighted by molar-refractivity contribution is -0.125. The number of carbonyl (C=O) groups is 1. The van der Waals surface area contributed by atoms with Crippen LogP contribution in [-0.2, 0) is 16.1 Å². The van der Waals surface area contributed by atoms with Gasteiger partial charge in [0.05, 0.1) is 18.8 Å². The zero-order valence-electron chi connectivity index (χ0n) is 16.7. The van der Waals surface area contributed by atoms with Crippen molar-refractivity contribution in [2.45, 2.75) is 63.8 Å². The minimum Gasteiger partial charge on any atom is -0.373 e. The van der Waals surface area contributed by atoms with E-state index >= 15 is 0 Å². The third-order valence-corrected chi connectivity index (χ3v) is 5.83. The first-order chi connectivity index (χ1) is 12.7. The van der Waals surface area contributed by atoms with Gasteiger partial charge in [0.1, 0.15) is 0 Å². The van der Waals surface area contributed by atoms with E-state index in [0.29, 0.717) is 12.3 Å². The number of morpholine rings is 1. The van der Waals surface area contributed by atoms with Gasteiger partial charge in [0.15, 0.2) is 0 Å². The average molecular weight is 432 g/mol. The van der Waals surface area contributed by atoms with Crippen LogP contribution in [0.4, 0.5) is 0 Å². The van der Waals surface area contributed by atoms with Crippen molar-refractivity contribution in [2.24, 2.45) is 11.7 Å². The summed E-state index contributed by atoms with van der Waals surface area (Å²) in [6.45, 7) is 5.56. The van der Waals surface area contributed by atoms with Crippen molar-refractivity contribution in [3.8, 4) is 0 Å². The van der Waals surface area contributed by atoms with E-state index in [4.69, 9.17) is 10.5 Å². The van der Waals surface area contributed by atoms with Crippen molar-refractivity contribution in [2.75, 3.05) is 19.7 Å². The van der Waals surface area contributed by atoms with Gasteiger partial charge >= 0.3 is 0 Å². The van der Waals surface area contributed by atoms with Gasteiger partial charge in [0.2, 0.25) is 5.91 Å². The zero-order chi connectivity index (χ0) is 18.4.